The van der Waals surface area contributed by atoms with Gasteiger partial charge in [-0.1, -0.05) is 18.2 Å². The van der Waals surface area contributed by atoms with E-state index in [9.17, 15) is 18.6 Å². The van der Waals surface area contributed by atoms with E-state index in [0.29, 0.717) is 47.5 Å². The number of anilines is 4. The summed E-state index contributed by atoms with van der Waals surface area (Å²) >= 11 is 0. The number of ether oxygens (including phenoxy) is 2. The Morgan fingerprint density at radius 2 is 1.68 bits per heavy atom. The fourth-order valence-corrected chi connectivity index (χ4v) is 5.45. The average Bonchev–Trinajstić information content (AvgIpc) is 3.02. The Balaban J connectivity index is 1.96. The highest BCUT2D eigenvalue weighted by atomic mass is 32.2. The summed E-state index contributed by atoms with van der Waals surface area (Å²) in [5.74, 6) is 0.864. The summed E-state index contributed by atoms with van der Waals surface area (Å²) in [5, 5.41) is 42.6. The van der Waals surface area contributed by atoms with Crippen molar-refractivity contribution in [3.8, 4) is 5.75 Å². The first kappa shape index (κ1) is 34.6. The number of nitrogens with zero attached hydrogens (tertiary/aromatic N) is 4. The highest BCUT2D eigenvalue weighted by Crippen LogP contribution is 2.39. The molecule has 1 heterocycles. The number of nitrogen functional groups attached to an aromatic ring is 1. The van der Waals surface area contributed by atoms with Gasteiger partial charge in [-0.3, -0.25) is 4.90 Å². The second-order valence-corrected chi connectivity index (χ2v) is 11.7. The first-order valence-electron chi connectivity index (χ1n) is 14.0. The third-order valence-electron chi connectivity index (χ3n) is 6.55. The highest BCUT2D eigenvalue weighted by molar-refractivity contribution is 7.91. The molecule has 1 aromatic heterocycles. The SMILES string of the molecule is COc1ccc(S(=O)(=O)CCN(CCO)CCO)cc1/N=N/c1c(Nc2ccccc2)nc(NCCOCCO)c(N)c1C. The standard InChI is InChI=1S/C29H41N7O7S/c1-21-26(30)28(31-10-17-43-18-16-39)33-29(32-22-6-4-3-5-7-22)27(21)35-34-24-20-23(8-9-25(24)42-2)44(40,41)19-13-36(11-14-37)12-15-38/h3-9,20,37-39H,10-19,30H2,1-2H3,(H2,31,32,33)/b35-34+. The Bertz CT molecular complexity index is 1470. The zero-order valence-electron chi connectivity index (χ0n) is 24.9. The zero-order valence-corrected chi connectivity index (χ0v) is 25.8. The average molecular weight is 632 g/mol. The lowest BCUT2D eigenvalue weighted by Crippen LogP contribution is -2.34. The van der Waals surface area contributed by atoms with Crippen LogP contribution in [0.3, 0.4) is 0 Å². The molecule has 3 rings (SSSR count). The lowest BCUT2D eigenvalue weighted by atomic mass is 10.2. The Hall–Kier alpha value is -3.86. The molecular formula is C29H41N7O7S. The molecule has 14 nitrogen and oxygen atoms in total. The molecule has 0 saturated heterocycles. The summed E-state index contributed by atoms with van der Waals surface area (Å²) in [5.41, 5.74) is 8.62. The monoisotopic (exact) mass is 631 g/mol. The molecule has 0 atom stereocenters. The summed E-state index contributed by atoms with van der Waals surface area (Å²) < 4.78 is 37.1. The minimum atomic E-state index is -3.75. The summed E-state index contributed by atoms with van der Waals surface area (Å²) in [6.45, 7) is 3.00. The summed E-state index contributed by atoms with van der Waals surface area (Å²) in [7, 11) is -2.30. The number of rotatable bonds is 19. The molecule has 0 radical (unpaired) electrons. The van der Waals surface area contributed by atoms with Crippen LogP contribution in [0.15, 0.2) is 63.7 Å². The molecular weight excluding hydrogens is 590 g/mol. The van der Waals surface area contributed by atoms with Crippen molar-refractivity contribution < 1.29 is 33.2 Å². The molecule has 0 spiro atoms. The molecule has 15 heteroatoms. The number of aromatic nitrogens is 1. The molecule has 0 aliphatic heterocycles. The zero-order chi connectivity index (χ0) is 32.0. The minimum absolute atomic E-state index is 0.0279. The van der Waals surface area contributed by atoms with Gasteiger partial charge in [-0.2, -0.15) is 0 Å². The van der Waals surface area contributed by atoms with Gasteiger partial charge in [-0.25, -0.2) is 13.4 Å². The number of para-hydroxylation sites is 1. The fourth-order valence-electron chi connectivity index (χ4n) is 4.15. The summed E-state index contributed by atoms with van der Waals surface area (Å²) in [6.07, 6.45) is 0. The van der Waals surface area contributed by atoms with Gasteiger partial charge in [0, 0.05) is 37.4 Å². The van der Waals surface area contributed by atoms with Gasteiger partial charge in [0.2, 0.25) is 0 Å². The summed E-state index contributed by atoms with van der Waals surface area (Å²) in [6, 6.07) is 13.7. The van der Waals surface area contributed by atoms with Crippen LogP contribution in [0, 0.1) is 6.92 Å². The van der Waals surface area contributed by atoms with Crippen molar-refractivity contribution in [1.82, 2.24) is 9.88 Å². The first-order valence-corrected chi connectivity index (χ1v) is 15.7. The van der Waals surface area contributed by atoms with E-state index >= 15 is 0 Å². The molecule has 240 valence electrons. The van der Waals surface area contributed by atoms with E-state index in [2.05, 4.69) is 25.8 Å². The van der Waals surface area contributed by atoms with Crippen molar-refractivity contribution in [2.24, 2.45) is 10.2 Å². The van der Waals surface area contributed by atoms with Crippen LogP contribution in [0.4, 0.5) is 34.4 Å². The van der Waals surface area contributed by atoms with Crippen LogP contribution in [-0.4, -0.2) is 106 Å². The molecule has 0 saturated carbocycles. The fraction of sp³-hybridized carbons (Fsp3) is 0.414. The topological polar surface area (TPSA) is 204 Å². The molecule has 0 fully saturated rings. The number of nitrogens with two attached hydrogens (primary N) is 1. The van der Waals surface area contributed by atoms with Gasteiger partial charge in [0.15, 0.2) is 21.5 Å². The van der Waals surface area contributed by atoms with Crippen LogP contribution in [0.2, 0.25) is 0 Å². The molecule has 0 unspecified atom stereocenters. The largest absolute Gasteiger partial charge is 0.494 e. The number of azo groups is 1. The van der Waals surface area contributed by atoms with E-state index in [1.54, 1.807) is 11.8 Å². The number of methoxy groups -OCH3 is 1. The third kappa shape index (κ3) is 9.83. The summed E-state index contributed by atoms with van der Waals surface area (Å²) in [4.78, 5) is 6.35. The second kappa shape index (κ2) is 17.4. The number of aliphatic hydroxyl groups is 3. The van der Waals surface area contributed by atoms with Gasteiger partial charge in [0.05, 0.1) is 56.5 Å². The van der Waals surface area contributed by atoms with Crippen LogP contribution < -0.4 is 21.1 Å². The lowest BCUT2D eigenvalue weighted by Gasteiger charge is -2.20. The van der Waals surface area contributed by atoms with Crippen molar-refractivity contribution >= 4 is 44.2 Å². The quantitative estimate of drug-likeness (QED) is 0.0835. The number of aliphatic hydroxyl groups excluding tert-OH is 3. The van der Waals surface area contributed by atoms with Crippen molar-refractivity contribution in [2.75, 3.05) is 88.4 Å². The van der Waals surface area contributed by atoms with Crippen molar-refractivity contribution in [1.29, 1.82) is 0 Å². The maximum atomic E-state index is 13.2. The van der Waals surface area contributed by atoms with Gasteiger partial charge in [-0.15, -0.1) is 10.2 Å². The predicted molar refractivity (Wildman–Crippen MR) is 169 cm³/mol. The van der Waals surface area contributed by atoms with Gasteiger partial charge < -0.3 is 41.2 Å². The highest BCUT2D eigenvalue weighted by Gasteiger charge is 2.20. The number of hydrogen-bond acceptors (Lipinski definition) is 14. The maximum absolute atomic E-state index is 13.2. The number of nitrogens with one attached hydrogen (secondary N) is 2. The first-order chi connectivity index (χ1) is 21.2. The smallest absolute Gasteiger partial charge is 0.179 e. The lowest BCUT2D eigenvalue weighted by molar-refractivity contribution is 0.0992. The predicted octanol–water partition coefficient (Wildman–Crippen LogP) is 2.62. The Kier molecular flexibility index (Phi) is 13.7. The van der Waals surface area contributed by atoms with Crippen LogP contribution in [-0.2, 0) is 14.6 Å². The van der Waals surface area contributed by atoms with Gasteiger partial charge >= 0.3 is 0 Å². The van der Waals surface area contributed by atoms with Gasteiger partial charge in [-0.05, 0) is 37.3 Å². The Morgan fingerprint density at radius 3 is 2.34 bits per heavy atom. The number of hydrogen-bond donors (Lipinski definition) is 6. The molecule has 0 aliphatic carbocycles. The van der Waals surface area contributed by atoms with Gasteiger partial charge in [0.25, 0.3) is 0 Å². The number of benzene rings is 2. The second-order valence-electron chi connectivity index (χ2n) is 9.59. The number of pyridine rings is 1. The van der Waals surface area contributed by atoms with E-state index in [1.807, 2.05) is 30.3 Å². The molecule has 3 aromatic rings. The van der Waals surface area contributed by atoms with Crippen LogP contribution in [0.25, 0.3) is 0 Å². The molecule has 0 aliphatic rings. The van der Waals surface area contributed by atoms with Crippen LogP contribution >= 0.6 is 0 Å². The molecule has 2 aromatic carbocycles. The van der Waals surface area contributed by atoms with Crippen LogP contribution in [0.5, 0.6) is 5.75 Å². The van der Waals surface area contributed by atoms with E-state index in [1.165, 1.54) is 25.3 Å². The number of sulfone groups is 1. The van der Waals surface area contributed by atoms with Crippen LogP contribution in [0.1, 0.15) is 5.56 Å². The van der Waals surface area contributed by atoms with Crippen molar-refractivity contribution in [3.63, 3.8) is 0 Å². The third-order valence-corrected chi connectivity index (χ3v) is 8.24. The Morgan fingerprint density at radius 1 is 0.955 bits per heavy atom. The maximum Gasteiger partial charge on any atom is 0.179 e. The van der Waals surface area contributed by atoms with Crippen molar-refractivity contribution in [3.05, 3.63) is 54.1 Å². The van der Waals surface area contributed by atoms with E-state index in [4.69, 9.17) is 20.3 Å². The molecule has 0 bridgehead atoms. The minimum Gasteiger partial charge on any atom is -0.494 e. The van der Waals surface area contributed by atoms with Crippen molar-refractivity contribution in [2.45, 2.75) is 11.8 Å². The molecule has 0 amide bonds. The van der Waals surface area contributed by atoms with E-state index in [0.717, 1.165) is 5.69 Å². The normalized spacial score (nSPS) is 11.8. The molecule has 7 N–H and O–H groups in total. The van der Waals surface area contributed by atoms with Gasteiger partial charge in [0.1, 0.15) is 17.1 Å². The van der Waals surface area contributed by atoms with E-state index in [-0.39, 0.29) is 62.4 Å². The molecule has 44 heavy (non-hydrogen) atoms. The Labute approximate surface area is 257 Å². The van der Waals surface area contributed by atoms with E-state index < -0.39 is 9.84 Å².